The standard InChI is InChI=1S/C29H29FN6O3/c1-17(20-13-38-14-20)39-25-10-18(19-11-34-36(12-19)15-29(2,3)37)9-24-26(25)28(33-16-32-24)35-23-7-6-22-21(27(23)30)5-4-8-31-22/h4-12,16-17,20,37H,13-15H2,1-3H3,(H,32,33,35)/t17-/m1/s1. The summed E-state index contributed by atoms with van der Waals surface area (Å²) in [6.45, 7) is 7.12. The second kappa shape index (κ2) is 9.87. The molecule has 2 aromatic carbocycles. The topological polar surface area (TPSA) is 107 Å². The Morgan fingerprint density at radius 1 is 1.15 bits per heavy atom. The number of aromatic nitrogens is 5. The molecule has 0 aliphatic carbocycles. The summed E-state index contributed by atoms with van der Waals surface area (Å²) in [5.41, 5.74) is 2.29. The number of hydrogen-bond donors (Lipinski definition) is 2. The van der Waals surface area contributed by atoms with Crippen LogP contribution in [-0.2, 0) is 11.3 Å². The molecule has 1 fully saturated rings. The molecule has 39 heavy (non-hydrogen) atoms. The molecule has 200 valence electrons. The lowest BCUT2D eigenvalue weighted by atomic mass is 10.0. The Balaban J connectivity index is 1.44. The van der Waals surface area contributed by atoms with E-state index in [2.05, 4.69) is 25.4 Å². The maximum absolute atomic E-state index is 15.4. The maximum atomic E-state index is 15.4. The third-order valence-corrected chi connectivity index (χ3v) is 6.83. The molecule has 1 atom stereocenters. The molecule has 1 aliphatic rings. The summed E-state index contributed by atoms with van der Waals surface area (Å²) in [5.74, 6) is 0.858. The molecule has 0 saturated carbocycles. The van der Waals surface area contributed by atoms with Gasteiger partial charge in [-0.2, -0.15) is 5.10 Å². The van der Waals surface area contributed by atoms with Gasteiger partial charge in [-0.25, -0.2) is 14.4 Å². The number of fused-ring (bicyclic) bond motifs is 2. The van der Waals surface area contributed by atoms with Gasteiger partial charge in [0, 0.05) is 29.3 Å². The van der Waals surface area contributed by atoms with Crippen LogP contribution in [-0.4, -0.2) is 54.8 Å². The quantitative estimate of drug-likeness (QED) is 0.286. The lowest BCUT2D eigenvalue weighted by molar-refractivity contribution is -0.0773. The number of nitrogens with one attached hydrogen (secondary N) is 1. The summed E-state index contributed by atoms with van der Waals surface area (Å²) in [7, 11) is 0. The van der Waals surface area contributed by atoms with Crippen LogP contribution in [0.4, 0.5) is 15.9 Å². The smallest absolute Gasteiger partial charge is 0.156 e. The Labute approximate surface area is 224 Å². The molecule has 9 nitrogen and oxygen atoms in total. The SMILES string of the molecule is C[C@@H](Oc1cc(-c2cnn(CC(C)(C)O)c2)cc2ncnc(Nc3ccc4ncccc4c3F)c12)C1COC1. The van der Waals surface area contributed by atoms with Crippen molar-refractivity contribution in [2.75, 3.05) is 18.5 Å². The summed E-state index contributed by atoms with van der Waals surface area (Å²) in [6.07, 6.45) is 6.59. The molecule has 3 aromatic heterocycles. The van der Waals surface area contributed by atoms with Crippen LogP contribution in [0.5, 0.6) is 5.75 Å². The van der Waals surface area contributed by atoms with Crippen molar-refractivity contribution in [1.82, 2.24) is 24.7 Å². The number of pyridine rings is 1. The van der Waals surface area contributed by atoms with E-state index in [1.165, 1.54) is 6.33 Å². The van der Waals surface area contributed by atoms with Gasteiger partial charge in [0.05, 0.1) is 53.7 Å². The zero-order valence-corrected chi connectivity index (χ0v) is 21.9. The van der Waals surface area contributed by atoms with Gasteiger partial charge in [0.2, 0.25) is 0 Å². The van der Waals surface area contributed by atoms with Crippen LogP contribution in [0.1, 0.15) is 20.8 Å². The van der Waals surface area contributed by atoms with Crippen molar-refractivity contribution >= 4 is 33.3 Å². The third-order valence-electron chi connectivity index (χ3n) is 6.83. The second-order valence-electron chi connectivity index (χ2n) is 10.6. The van der Waals surface area contributed by atoms with Gasteiger partial charge >= 0.3 is 0 Å². The van der Waals surface area contributed by atoms with Crippen molar-refractivity contribution in [2.24, 2.45) is 5.92 Å². The predicted molar refractivity (Wildman–Crippen MR) is 146 cm³/mol. The average Bonchev–Trinajstić information content (AvgIpc) is 3.31. The number of anilines is 2. The zero-order chi connectivity index (χ0) is 27.1. The fourth-order valence-electron chi connectivity index (χ4n) is 4.67. The number of aliphatic hydroxyl groups is 1. The Morgan fingerprint density at radius 2 is 2.00 bits per heavy atom. The monoisotopic (exact) mass is 528 g/mol. The number of rotatable bonds is 8. The van der Waals surface area contributed by atoms with Crippen LogP contribution in [0.25, 0.3) is 32.9 Å². The minimum absolute atomic E-state index is 0.119. The minimum atomic E-state index is -0.900. The summed E-state index contributed by atoms with van der Waals surface area (Å²) in [4.78, 5) is 13.2. The fourth-order valence-corrected chi connectivity index (χ4v) is 4.67. The first-order valence-electron chi connectivity index (χ1n) is 12.8. The van der Waals surface area contributed by atoms with Crippen molar-refractivity contribution in [1.29, 1.82) is 0 Å². The molecule has 0 radical (unpaired) electrons. The highest BCUT2D eigenvalue weighted by Crippen LogP contribution is 2.38. The number of ether oxygens (including phenoxy) is 2. The molecule has 10 heteroatoms. The normalized spacial score (nSPS) is 14.9. The first-order chi connectivity index (χ1) is 18.7. The maximum Gasteiger partial charge on any atom is 0.156 e. The molecule has 4 heterocycles. The Bertz CT molecular complexity index is 1660. The molecular formula is C29H29FN6O3. The molecule has 0 bridgehead atoms. The Morgan fingerprint density at radius 3 is 2.77 bits per heavy atom. The molecule has 6 rings (SSSR count). The number of benzene rings is 2. The zero-order valence-electron chi connectivity index (χ0n) is 21.9. The number of nitrogens with zero attached hydrogens (tertiary/aromatic N) is 5. The molecule has 0 amide bonds. The second-order valence-corrected chi connectivity index (χ2v) is 10.6. The third kappa shape index (κ3) is 5.13. The van der Waals surface area contributed by atoms with Crippen LogP contribution < -0.4 is 10.1 Å². The minimum Gasteiger partial charge on any atom is -0.489 e. The highest BCUT2D eigenvalue weighted by atomic mass is 19.1. The Kier molecular flexibility index (Phi) is 6.36. The Hall–Kier alpha value is -4.15. The molecule has 5 aromatic rings. The van der Waals surface area contributed by atoms with E-state index in [4.69, 9.17) is 9.47 Å². The van der Waals surface area contributed by atoms with Crippen molar-refractivity contribution in [3.05, 3.63) is 67.1 Å². The van der Waals surface area contributed by atoms with Gasteiger partial charge in [0.1, 0.15) is 24.0 Å². The molecule has 1 saturated heterocycles. The molecule has 1 aliphatic heterocycles. The average molecular weight is 529 g/mol. The van der Waals surface area contributed by atoms with Gasteiger partial charge < -0.3 is 19.9 Å². The van der Waals surface area contributed by atoms with Crippen molar-refractivity contribution < 1.29 is 19.0 Å². The van der Waals surface area contributed by atoms with E-state index in [-0.39, 0.29) is 17.7 Å². The lowest BCUT2D eigenvalue weighted by Crippen LogP contribution is -2.39. The van der Waals surface area contributed by atoms with Gasteiger partial charge in [0.25, 0.3) is 0 Å². The first kappa shape index (κ1) is 25.1. The van der Waals surface area contributed by atoms with Gasteiger partial charge in [0.15, 0.2) is 5.82 Å². The molecule has 0 unspecified atom stereocenters. The highest BCUT2D eigenvalue weighted by molar-refractivity contribution is 5.99. The van der Waals surface area contributed by atoms with Crippen molar-refractivity contribution in [3.63, 3.8) is 0 Å². The van der Waals surface area contributed by atoms with E-state index in [9.17, 15) is 5.11 Å². The lowest BCUT2D eigenvalue weighted by Gasteiger charge is -2.32. The van der Waals surface area contributed by atoms with Gasteiger partial charge in [-0.1, -0.05) is 0 Å². The van der Waals surface area contributed by atoms with Crippen LogP contribution in [0.2, 0.25) is 0 Å². The van der Waals surface area contributed by atoms with Crippen LogP contribution in [0, 0.1) is 11.7 Å². The largest absolute Gasteiger partial charge is 0.489 e. The van der Waals surface area contributed by atoms with E-state index < -0.39 is 11.4 Å². The summed E-state index contributed by atoms with van der Waals surface area (Å²) in [5, 5.41) is 18.8. The van der Waals surface area contributed by atoms with Crippen molar-refractivity contribution in [3.8, 4) is 16.9 Å². The van der Waals surface area contributed by atoms with Crippen LogP contribution in [0.3, 0.4) is 0 Å². The van der Waals surface area contributed by atoms with E-state index >= 15 is 4.39 Å². The van der Waals surface area contributed by atoms with Crippen molar-refractivity contribution in [2.45, 2.75) is 39.0 Å². The summed E-state index contributed by atoms with van der Waals surface area (Å²) >= 11 is 0. The van der Waals surface area contributed by atoms with E-state index in [0.29, 0.717) is 53.1 Å². The predicted octanol–water partition coefficient (Wildman–Crippen LogP) is 5.11. The highest BCUT2D eigenvalue weighted by Gasteiger charge is 2.28. The van der Waals surface area contributed by atoms with Gasteiger partial charge in [-0.15, -0.1) is 0 Å². The molecular weight excluding hydrogens is 499 g/mol. The van der Waals surface area contributed by atoms with Gasteiger partial charge in [-0.05, 0) is 62.7 Å². The number of hydrogen-bond acceptors (Lipinski definition) is 8. The fraction of sp³-hybridized carbons (Fsp3) is 0.310. The summed E-state index contributed by atoms with van der Waals surface area (Å²) in [6, 6.07) is 10.7. The van der Waals surface area contributed by atoms with E-state index in [1.54, 1.807) is 55.2 Å². The molecule has 2 N–H and O–H groups in total. The first-order valence-corrected chi connectivity index (χ1v) is 12.8. The molecule has 0 spiro atoms. The van der Waals surface area contributed by atoms with Crippen LogP contribution in [0.15, 0.2) is 61.3 Å². The summed E-state index contributed by atoms with van der Waals surface area (Å²) < 4.78 is 29.0. The van der Waals surface area contributed by atoms with E-state index in [0.717, 1.165) is 11.1 Å². The van der Waals surface area contributed by atoms with E-state index in [1.807, 2.05) is 25.3 Å². The number of halogens is 1. The van der Waals surface area contributed by atoms with Gasteiger partial charge in [-0.3, -0.25) is 9.67 Å². The van der Waals surface area contributed by atoms with Crippen LogP contribution >= 0.6 is 0 Å².